The Bertz CT molecular complexity index is 514. The van der Waals surface area contributed by atoms with E-state index in [1.165, 1.54) is 31.7 Å². The van der Waals surface area contributed by atoms with Crippen LogP contribution in [-0.4, -0.2) is 45.0 Å². The molecule has 2 fully saturated rings. The first-order chi connectivity index (χ1) is 9.83. The first-order valence-electron chi connectivity index (χ1n) is 7.23. The van der Waals surface area contributed by atoms with E-state index in [1.54, 1.807) is 7.11 Å². The fourth-order valence-corrected chi connectivity index (χ4v) is 3.62. The lowest BCUT2D eigenvalue weighted by Gasteiger charge is -2.18. The molecule has 3 heterocycles. The lowest BCUT2D eigenvalue weighted by atomic mass is 10.0. The number of halogens is 1. The summed E-state index contributed by atoms with van der Waals surface area (Å²) in [5, 5.41) is 3.48. The van der Waals surface area contributed by atoms with Crippen LogP contribution >= 0.6 is 12.4 Å². The smallest absolute Gasteiger partial charge is 0.231 e. The molecule has 3 aliphatic heterocycles. The molecule has 0 aromatic heterocycles. The Morgan fingerprint density at radius 1 is 1.24 bits per heavy atom. The van der Waals surface area contributed by atoms with Gasteiger partial charge in [-0.15, -0.1) is 12.4 Å². The van der Waals surface area contributed by atoms with Gasteiger partial charge in [0.25, 0.3) is 0 Å². The number of nitrogens with one attached hydrogen (secondary N) is 1. The number of ether oxygens (including phenoxy) is 3. The van der Waals surface area contributed by atoms with Crippen molar-refractivity contribution in [3.63, 3.8) is 0 Å². The molecule has 0 amide bonds. The molecule has 0 unspecified atom stereocenters. The average molecular weight is 313 g/mol. The van der Waals surface area contributed by atoms with E-state index in [4.69, 9.17) is 14.2 Å². The fourth-order valence-electron chi connectivity index (χ4n) is 3.62. The minimum Gasteiger partial charge on any atom is -0.493 e. The van der Waals surface area contributed by atoms with Crippen LogP contribution in [0.2, 0.25) is 0 Å². The van der Waals surface area contributed by atoms with Crippen LogP contribution in [0.4, 0.5) is 0 Å². The minimum absolute atomic E-state index is 0. The summed E-state index contributed by atoms with van der Waals surface area (Å²) < 4.78 is 16.3. The van der Waals surface area contributed by atoms with Gasteiger partial charge in [-0.25, -0.2) is 0 Å². The normalized spacial score (nSPS) is 26.5. The Balaban J connectivity index is 0.00000132. The molecule has 4 rings (SSSR count). The van der Waals surface area contributed by atoms with Gasteiger partial charge < -0.3 is 19.5 Å². The van der Waals surface area contributed by atoms with Gasteiger partial charge in [0.2, 0.25) is 12.5 Å². The highest BCUT2D eigenvalue weighted by Gasteiger charge is 2.36. The second-order valence-corrected chi connectivity index (χ2v) is 5.90. The van der Waals surface area contributed by atoms with E-state index < -0.39 is 0 Å². The van der Waals surface area contributed by atoms with E-state index in [0.29, 0.717) is 0 Å². The van der Waals surface area contributed by atoms with Crippen molar-refractivity contribution in [2.45, 2.75) is 6.54 Å². The summed E-state index contributed by atoms with van der Waals surface area (Å²) in [5.74, 6) is 3.96. The van der Waals surface area contributed by atoms with E-state index in [1.807, 2.05) is 0 Å². The summed E-state index contributed by atoms with van der Waals surface area (Å²) >= 11 is 0. The standard InChI is InChI=1S/C15H20N2O3.ClH/c1-18-13-2-10(3-14-15(13)20-9-19-14)6-17-7-11-4-16-5-12(11)8-17;/h2-3,11-12,16H,4-9H2,1H3;1H/t11-,12+;. The highest BCUT2D eigenvalue weighted by molar-refractivity contribution is 5.85. The van der Waals surface area contributed by atoms with E-state index in [9.17, 15) is 0 Å². The molecule has 2 saturated heterocycles. The maximum Gasteiger partial charge on any atom is 0.231 e. The maximum absolute atomic E-state index is 5.49. The van der Waals surface area contributed by atoms with Crippen molar-refractivity contribution < 1.29 is 14.2 Å². The van der Waals surface area contributed by atoms with Gasteiger partial charge in [-0.2, -0.15) is 0 Å². The molecule has 0 saturated carbocycles. The first kappa shape index (κ1) is 14.8. The molecule has 5 nitrogen and oxygen atoms in total. The van der Waals surface area contributed by atoms with Crippen molar-refractivity contribution >= 4 is 12.4 Å². The topological polar surface area (TPSA) is 43.0 Å². The van der Waals surface area contributed by atoms with Crippen LogP contribution in [0.5, 0.6) is 17.2 Å². The zero-order valence-corrected chi connectivity index (χ0v) is 12.9. The number of rotatable bonds is 3. The van der Waals surface area contributed by atoms with Crippen LogP contribution < -0.4 is 19.5 Å². The van der Waals surface area contributed by atoms with Gasteiger partial charge in [-0.1, -0.05) is 0 Å². The molecule has 116 valence electrons. The summed E-state index contributed by atoms with van der Waals surface area (Å²) in [6.07, 6.45) is 0. The summed E-state index contributed by atoms with van der Waals surface area (Å²) in [4.78, 5) is 2.53. The number of methoxy groups -OCH3 is 1. The van der Waals surface area contributed by atoms with Crippen molar-refractivity contribution in [1.29, 1.82) is 0 Å². The van der Waals surface area contributed by atoms with Crippen molar-refractivity contribution in [3.8, 4) is 17.2 Å². The molecule has 21 heavy (non-hydrogen) atoms. The van der Waals surface area contributed by atoms with Crippen LogP contribution in [0.25, 0.3) is 0 Å². The first-order valence-corrected chi connectivity index (χ1v) is 7.23. The Kier molecular flexibility index (Phi) is 4.15. The van der Waals surface area contributed by atoms with E-state index in [0.717, 1.165) is 35.6 Å². The van der Waals surface area contributed by atoms with Gasteiger partial charge in [0.15, 0.2) is 11.5 Å². The monoisotopic (exact) mass is 312 g/mol. The van der Waals surface area contributed by atoms with Crippen LogP contribution in [0.1, 0.15) is 5.56 Å². The van der Waals surface area contributed by atoms with Crippen molar-refractivity contribution in [2.75, 3.05) is 40.1 Å². The predicted molar refractivity (Wildman–Crippen MR) is 81.5 cm³/mol. The Morgan fingerprint density at radius 2 is 2.00 bits per heavy atom. The number of nitrogens with zero attached hydrogens (tertiary/aromatic N) is 1. The predicted octanol–water partition coefficient (Wildman–Crippen LogP) is 1.50. The quantitative estimate of drug-likeness (QED) is 0.916. The van der Waals surface area contributed by atoms with E-state index in [-0.39, 0.29) is 19.2 Å². The molecule has 2 atom stereocenters. The van der Waals surface area contributed by atoms with Gasteiger partial charge in [0, 0.05) is 19.6 Å². The zero-order chi connectivity index (χ0) is 13.5. The van der Waals surface area contributed by atoms with Crippen molar-refractivity contribution in [3.05, 3.63) is 17.7 Å². The Hall–Kier alpha value is -1.17. The largest absolute Gasteiger partial charge is 0.493 e. The maximum atomic E-state index is 5.49. The molecular weight excluding hydrogens is 292 g/mol. The summed E-state index contributed by atoms with van der Waals surface area (Å²) in [6.45, 7) is 5.97. The van der Waals surface area contributed by atoms with E-state index >= 15 is 0 Å². The molecule has 0 spiro atoms. The van der Waals surface area contributed by atoms with Gasteiger partial charge in [0.05, 0.1) is 7.11 Å². The van der Waals surface area contributed by atoms with Crippen LogP contribution in [0.3, 0.4) is 0 Å². The number of hydrogen-bond donors (Lipinski definition) is 1. The summed E-state index contributed by atoms with van der Waals surface area (Å²) in [6, 6.07) is 4.15. The molecule has 1 aromatic rings. The van der Waals surface area contributed by atoms with Crippen molar-refractivity contribution in [1.82, 2.24) is 10.2 Å². The highest BCUT2D eigenvalue weighted by atomic mass is 35.5. The third kappa shape index (κ3) is 2.65. The second-order valence-electron chi connectivity index (χ2n) is 5.90. The van der Waals surface area contributed by atoms with Crippen LogP contribution in [0, 0.1) is 11.8 Å². The third-order valence-corrected chi connectivity index (χ3v) is 4.59. The van der Waals surface area contributed by atoms with E-state index in [2.05, 4.69) is 22.3 Å². The molecule has 1 N–H and O–H groups in total. The average Bonchev–Trinajstić information content (AvgIpc) is 3.12. The second kappa shape index (κ2) is 5.91. The Labute approximate surface area is 131 Å². The van der Waals surface area contributed by atoms with Gasteiger partial charge in [-0.05, 0) is 42.6 Å². The van der Waals surface area contributed by atoms with Crippen molar-refractivity contribution in [2.24, 2.45) is 11.8 Å². The van der Waals surface area contributed by atoms with Gasteiger partial charge in [0.1, 0.15) is 0 Å². The molecule has 3 aliphatic rings. The molecule has 0 radical (unpaired) electrons. The molecule has 1 aromatic carbocycles. The summed E-state index contributed by atoms with van der Waals surface area (Å²) in [7, 11) is 1.67. The third-order valence-electron chi connectivity index (χ3n) is 4.59. The van der Waals surface area contributed by atoms with Crippen LogP contribution in [0.15, 0.2) is 12.1 Å². The number of hydrogen-bond acceptors (Lipinski definition) is 5. The molecular formula is C15H21ClN2O3. The number of fused-ring (bicyclic) bond motifs is 2. The van der Waals surface area contributed by atoms with Crippen LogP contribution in [-0.2, 0) is 6.54 Å². The number of benzene rings is 1. The fraction of sp³-hybridized carbons (Fsp3) is 0.600. The van der Waals surface area contributed by atoms with Gasteiger partial charge >= 0.3 is 0 Å². The lowest BCUT2D eigenvalue weighted by Crippen LogP contribution is -2.25. The number of likely N-dealkylation sites (tertiary alicyclic amines) is 1. The summed E-state index contributed by atoms with van der Waals surface area (Å²) in [5.41, 5.74) is 1.24. The van der Waals surface area contributed by atoms with Gasteiger partial charge in [-0.3, -0.25) is 4.90 Å². The zero-order valence-electron chi connectivity index (χ0n) is 12.1. The minimum atomic E-state index is 0. The molecule has 0 bridgehead atoms. The Morgan fingerprint density at radius 3 is 2.71 bits per heavy atom. The molecule has 6 heteroatoms. The SMILES string of the molecule is COc1cc(CN2C[C@H]3CNC[C@H]3C2)cc2c1OCO2.Cl. The lowest BCUT2D eigenvalue weighted by molar-refractivity contribution is 0.171. The highest BCUT2D eigenvalue weighted by Crippen LogP contribution is 2.42. The molecule has 0 aliphatic carbocycles.